The Morgan fingerprint density at radius 3 is 1.46 bits per heavy atom. The second kappa shape index (κ2) is 40.9. The van der Waals surface area contributed by atoms with Crippen LogP contribution in [-0.2, 0) is 90.0 Å². The third kappa shape index (κ3) is 31.0. The Hall–Kier alpha value is -1.64. The number of amides is 1. The molecule has 0 aromatic heterocycles. The predicted octanol–water partition coefficient (Wildman–Crippen LogP) is 6.60. The van der Waals surface area contributed by atoms with Gasteiger partial charge in [-0.15, -0.1) is 0 Å². The molecular weight excluding hydrogens is 937 g/mol. The molecule has 4 rings (SSSR count). The molecule has 1 aromatic carbocycles. The maximum absolute atomic E-state index is 12.6. The number of carbonyl (C=O) groups is 3. The van der Waals surface area contributed by atoms with Crippen LogP contribution < -0.4 is 10.8 Å². The van der Waals surface area contributed by atoms with E-state index in [0.29, 0.717) is 124 Å². The van der Waals surface area contributed by atoms with Gasteiger partial charge >= 0.3 is 30.2 Å². The molecule has 18 heteroatoms. The maximum Gasteiger partial charge on any atom is 2.00 e. The minimum atomic E-state index is -0.430. The van der Waals surface area contributed by atoms with Crippen LogP contribution in [0.2, 0.25) is 0 Å². The first kappa shape index (κ1) is 66.4. The van der Waals surface area contributed by atoms with E-state index in [9.17, 15) is 14.4 Å². The van der Waals surface area contributed by atoms with Crippen LogP contribution in [-0.4, -0.2) is 154 Å². The second-order valence-corrected chi connectivity index (χ2v) is 18.2. The molecule has 1 amide bonds. The topological polar surface area (TPSA) is 165 Å². The van der Waals surface area contributed by atoms with E-state index >= 15 is 0 Å². The molecule has 394 valence electrons. The van der Waals surface area contributed by atoms with Gasteiger partial charge in [0.05, 0.1) is 117 Å². The van der Waals surface area contributed by atoms with Crippen LogP contribution in [0.1, 0.15) is 110 Å². The van der Waals surface area contributed by atoms with Crippen LogP contribution in [0.25, 0.3) is 0 Å². The molecule has 0 spiro atoms. The number of ketones is 1. The summed E-state index contributed by atoms with van der Waals surface area (Å²) in [6, 6.07) is 7.77. The van der Waals surface area contributed by atoms with E-state index in [2.05, 4.69) is 17.9 Å². The quantitative estimate of drug-likeness (QED) is 0.0243. The molecule has 3 aliphatic rings. The third-order valence-electron chi connectivity index (χ3n) is 11.8. The van der Waals surface area contributed by atoms with Crippen LogP contribution in [0.5, 0.6) is 0 Å². The van der Waals surface area contributed by atoms with Gasteiger partial charge in [-0.3, -0.25) is 14.4 Å². The largest absolute Gasteiger partial charge is 2.00 e. The zero-order valence-corrected chi connectivity index (χ0v) is 44.5. The van der Waals surface area contributed by atoms with Gasteiger partial charge in [-0.2, -0.15) is 12.6 Å². The summed E-state index contributed by atoms with van der Waals surface area (Å²) in [5.74, 6) is 0.898. The normalized spacial score (nSPS) is 17.9. The van der Waals surface area contributed by atoms with E-state index in [-0.39, 0.29) is 88.0 Å². The van der Waals surface area contributed by atoms with E-state index < -0.39 is 18.3 Å². The number of carbonyl (C=O) groups excluding carboxylic acids is 3. The molecule has 2 unspecified atom stereocenters. The summed E-state index contributed by atoms with van der Waals surface area (Å²) < 4.78 is 61.3. The van der Waals surface area contributed by atoms with E-state index in [1.165, 1.54) is 32.1 Å². The summed E-state index contributed by atoms with van der Waals surface area (Å²) in [4.78, 5) is 37.2. The summed E-state index contributed by atoms with van der Waals surface area (Å²) in [6.07, 6.45) is 11.2. The molecule has 1 aromatic rings. The number of esters is 1. The average Bonchev–Trinajstić information content (AvgIpc) is 4.07. The number of rotatable bonds is 36. The molecule has 1 N–H and O–H groups in total. The number of ether oxygens (including phenoxy) is 9. The van der Waals surface area contributed by atoms with Gasteiger partial charge in [0.1, 0.15) is 12.4 Å². The van der Waals surface area contributed by atoms with Gasteiger partial charge in [0.15, 0.2) is 0 Å². The first-order valence-electron chi connectivity index (χ1n) is 24.1. The van der Waals surface area contributed by atoms with Crippen LogP contribution in [0, 0.1) is 26.7 Å². The summed E-state index contributed by atoms with van der Waals surface area (Å²) in [5.41, 5.74) is 1.02. The number of hydrogen-bond acceptors (Lipinski definition) is 15. The SMILES string of the molecule is C1CCCC1.CC1(C)OB(c2ccc(COC(=O)CC3CCC(CNC(=O)CCC(=O)CCOCCOCCOCCOCCOCCOCCOCCOCCS)C3)cc2)OC1(C)C.[CH3-].[CH3-].[Fe+2]. The molecule has 1 aliphatic heterocycles. The van der Waals surface area contributed by atoms with Gasteiger partial charge in [0.25, 0.3) is 0 Å². The van der Waals surface area contributed by atoms with Crippen molar-refractivity contribution in [3.05, 3.63) is 44.7 Å². The molecule has 3 fully saturated rings. The van der Waals surface area contributed by atoms with Gasteiger partial charge < -0.3 is 72.1 Å². The van der Waals surface area contributed by atoms with Gasteiger partial charge in [-0.05, 0) is 69.8 Å². The average molecular weight is 1030 g/mol. The van der Waals surface area contributed by atoms with E-state index in [4.69, 9.17) is 51.9 Å². The Morgan fingerprint density at radius 2 is 1.01 bits per heavy atom. The van der Waals surface area contributed by atoms with Crippen LogP contribution >= 0.6 is 12.6 Å². The van der Waals surface area contributed by atoms with E-state index in [0.717, 1.165) is 30.3 Å². The summed E-state index contributed by atoms with van der Waals surface area (Å²) in [6.45, 7) is 16.5. The number of nitrogens with one attached hydrogen (secondary N) is 1. The number of thiol groups is 1. The number of hydrogen-bond donors (Lipinski definition) is 2. The molecule has 0 bridgehead atoms. The van der Waals surface area contributed by atoms with Crippen molar-refractivity contribution in [1.29, 1.82) is 0 Å². The smallest absolute Gasteiger partial charge is 0.461 e. The molecular formula is C50H88BFeNO14S. The molecule has 2 saturated carbocycles. The summed E-state index contributed by atoms with van der Waals surface area (Å²) >= 11 is 4.07. The molecule has 0 radical (unpaired) electrons. The minimum Gasteiger partial charge on any atom is -0.461 e. The van der Waals surface area contributed by atoms with Crippen molar-refractivity contribution in [2.45, 2.75) is 123 Å². The van der Waals surface area contributed by atoms with Crippen molar-refractivity contribution in [1.82, 2.24) is 5.32 Å². The fourth-order valence-electron chi connectivity index (χ4n) is 7.26. The van der Waals surface area contributed by atoms with Crippen molar-refractivity contribution in [3.8, 4) is 0 Å². The van der Waals surface area contributed by atoms with Crippen LogP contribution in [0.4, 0.5) is 0 Å². The Balaban J connectivity index is 0.00000525. The zero-order chi connectivity index (χ0) is 46.9. The Labute approximate surface area is 426 Å². The van der Waals surface area contributed by atoms with E-state index in [1.54, 1.807) is 0 Å². The molecule has 2 aliphatic carbocycles. The fourth-order valence-corrected chi connectivity index (χ4v) is 7.39. The Morgan fingerprint density at radius 1 is 0.603 bits per heavy atom. The first-order valence-corrected chi connectivity index (χ1v) is 24.7. The standard InChI is InChI=1S/C43H72BNO14S.C5H10.2CH3.Fe/c1-42(2)43(3,4)59-44(58-42)38-9-7-35(8-10-38)34-57-41(48)32-36-5-6-37(31-36)33-45-40(47)12-11-39(46)13-14-49-15-16-50-17-18-51-19-20-52-21-22-53-23-24-54-25-26-55-27-28-56-29-30-60;1-2-4-5-3-1;;;/h7-10,36-37,60H,5-6,11-34H2,1-4H3,(H,45,47);1-5H2;2*1H3;/q;;2*-1;+2. The van der Waals surface area contributed by atoms with Gasteiger partial charge in [-0.25, -0.2) is 0 Å². The molecule has 1 saturated heterocycles. The van der Waals surface area contributed by atoms with Crippen molar-refractivity contribution in [2.24, 2.45) is 11.8 Å². The first-order chi connectivity index (χ1) is 31.5. The molecule has 68 heavy (non-hydrogen) atoms. The van der Waals surface area contributed by atoms with Gasteiger partial charge in [0.2, 0.25) is 5.91 Å². The van der Waals surface area contributed by atoms with Crippen LogP contribution in [0.3, 0.4) is 0 Å². The van der Waals surface area contributed by atoms with Gasteiger partial charge in [-0.1, -0.05) is 56.4 Å². The Kier molecular flexibility index (Phi) is 39.9. The Bertz CT molecular complexity index is 1390. The molecule has 15 nitrogen and oxygen atoms in total. The van der Waals surface area contributed by atoms with Crippen molar-refractivity contribution >= 4 is 42.9 Å². The molecule has 1 heterocycles. The monoisotopic (exact) mass is 1030 g/mol. The zero-order valence-electron chi connectivity index (χ0n) is 42.5. The minimum absolute atomic E-state index is 0. The van der Waals surface area contributed by atoms with E-state index in [1.807, 2.05) is 52.0 Å². The summed E-state index contributed by atoms with van der Waals surface area (Å²) in [7, 11) is -0.430. The second-order valence-electron chi connectivity index (χ2n) is 17.7. The molecule has 2 atom stereocenters. The van der Waals surface area contributed by atoms with Gasteiger partial charge in [0, 0.05) is 38.0 Å². The predicted molar refractivity (Wildman–Crippen MR) is 266 cm³/mol. The van der Waals surface area contributed by atoms with Crippen LogP contribution in [0.15, 0.2) is 24.3 Å². The number of benzene rings is 1. The fraction of sp³-hybridized carbons (Fsp3) is 0.780. The number of Topliss-reactive ketones (excluding diaryl/α,β-unsaturated/α-hetero) is 1. The third-order valence-corrected chi connectivity index (χ3v) is 12.0. The summed E-state index contributed by atoms with van der Waals surface area (Å²) in [5, 5.41) is 2.96. The van der Waals surface area contributed by atoms with Crippen molar-refractivity contribution < 1.29 is 83.4 Å². The maximum atomic E-state index is 12.6. The van der Waals surface area contributed by atoms with Crippen molar-refractivity contribution in [2.75, 3.05) is 118 Å². The van der Waals surface area contributed by atoms with Crippen molar-refractivity contribution in [3.63, 3.8) is 0 Å².